The molecule has 4 nitrogen and oxygen atoms in total. The number of nitrogen functional groups attached to an aromatic ring is 1. The summed E-state index contributed by atoms with van der Waals surface area (Å²) in [5, 5.41) is 2.79. The molecule has 110 valence electrons. The van der Waals surface area contributed by atoms with Gasteiger partial charge in [0.05, 0.1) is 4.47 Å². The highest BCUT2D eigenvalue weighted by Gasteiger charge is 2.08. The van der Waals surface area contributed by atoms with Gasteiger partial charge < -0.3 is 15.8 Å². The zero-order chi connectivity index (χ0) is 15.4. The summed E-state index contributed by atoms with van der Waals surface area (Å²) in [6, 6.07) is 10.8. The SMILES string of the molecule is Cc1cc(N)ccc1NC(=O)COc1ccc(Br)cc1Br. The molecule has 0 unspecified atom stereocenters. The van der Waals surface area contributed by atoms with Crippen molar-refractivity contribution in [1.82, 2.24) is 0 Å². The molecular formula is C15H14Br2N2O2. The maximum Gasteiger partial charge on any atom is 0.262 e. The van der Waals surface area contributed by atoms with Gasteiger partial charge in [0.1, 0.15) is 5.75 Å². The molecule has 2 aromatic carbocycles. The molecule has 3 N–H and O–H groups in total. The van der Waals surface area contributed by atoms with Crippen LogP contribution in [0.2, 0.25) is 0 Å². The number of benzene rings is 2. The van der Waals surface area contributed by atoms with Gasteiger partial charge in [-0.25, -0.2) is 0 Å². The number of hydrogen-bond acceptors (Lipinski definition) is 3. The zero-order valence-corrected chi connectivity index (χ0v) is 14.5. The Morgan fingerprint density at radius 3 is 2.67 bits per heavy atom. The monoisotopic (exact) mass is 412 g/mol. The van der Waals surface area contributed by atoms with Crippen LogP contribution in [0.25, 0.3) is 0 Å². The number of rotatable bonds is 4. The highest BCUT2D eigenvalue weighted by atomic mass is 79.9. The quantitative estimate of drug-likeness (QED) is 0.741. The predicted octanol–water partition coefficient (Wildman–Crippen LogP) is 4.12. The molecule has 0 radical (unpaired) electrons. The van der Waals surface area contributed by atoms with E-state index in [4.69, 9.17) is 10.5 Å². The molecule has 0 heterocycles. The molecule has 0 fully saturated rings. The van der Waals surface area contributed by atoms with Gasteiger partial charge in [-0.05, 0) is 64.8 Å². The van der Waals surface area contributed by atoms with Crippen molar-refractivity contribution in [2.75, 3.05) is 17.7 Å². The van der Waals surface area contributed by atoms with Gasteiger partial charge in [-0.1, -0.05) is 15.9 Å². The van der Waals surface area contributed by atoms with E-state index in [1.165, 1.54) is 0 Å². The van der Waals surface area contributed by atoms with Crippen LogP contribution in [-0.2, 0) is 4.79 Å². The van der Waals surface area contributed by atoms with Crippen LogP contribution in [0.4, 0.5) is 11.4 Å². The van der Waals surface area contributed by atoms with E-state index in [0.29, 0.717) is 11.4 Å². The Kier molecular flexibility index (Phi) is 5.25. The van der Waals surface area contributed by atoms with Crippen molar-refractivity contribution in [1.29, 1.82) is 0 Å². The van der Waals surface area contributed by atoms with Crippen molar-refractivity contribution in [2.24, 2.45) is 0 Å². The summed E-state index contributed by atoms with van der Waals surface area (Å²) in [5.74, 6) is 0.389. The van der Waals surface area contributed by atoms with Crippen LogP contribution >= 0.6 is 31.9 Å². The van der Waals surface area contributed by atoms with Crippen molar-refractivity contribution < 1.29 is 9.53 Å². The Balaban J connectivity index is 1.96. The van der Waals surface area contributed by atoms with E-state index in [-0.39, 0.29) is 12.5 Å². The lowest BCUT2D eigenvalue weighted by Crippen LogP contribution is -2.20. The summed E-state index contributed by atoms with van der Waals surface area (Å²) in [7, 11) is 0. The van der Waals surface area contributed by atoms with Crippen LogP contribution in [0, 0.1) is 6.92 Å². The van der Waals surface area contributed by atoms with Crippen LogP contribution in [-0.4, -0.2) is 12.5 Å². The van der Waals surface area contributed by atoms with Gasteiger partial charge in [0, 0.05) is 15.8 Å². The predicted molar refractivity (Wildman–Crippen MR) is 91.6 cm³/mol. The Morgan fingerprint density at radius 1 is 1.24 bits per heavy atom. The fourth-order valence-electron chi connectivity index (χ4n) is 1.75. The molecular weight excluding hydrogens is 400 g/mol. The first-order chi connectivity index (χ1) is 9.95. The Hall–Kier alpha value is -1.53. The standard InChI is InChI=1S/C15H14Br2N2O2/c1-9-6-11(18)3-4-13(9)19-15(20)8-21-14-5-2-10(16)7-12(14)17/h2-7H,8,18H2,1H3,(H,19,20). The van der Waals surface area contributed by atoms with E-state index < -0.39 is 0 Å². The largest absolute Gasteiger partial charge is 0.483 e. The molecule has 2 aromatic rings. The molecule has 6 heteroatoms. The summed E-state index contributed by atoms with van der Waals surface area (Å²) >= 11 is 6.74. The van der Waals surface area contributed by atoms with E-state index in [1.807, 2.05) is 25.1 Å². The topological polar surface area (TPSA) is 64.3 Å². The molecule has 0 bridgehead atoms. The number of hydrogen-bond donors (Lipinski definition) is 2. The Bertz CT molecular complexity index is 675. The summed E-state index contributed by atoms with van der Waals surface area (Å²) in [5.41, 5.74) is 7.98. The Labute approximate surface area is 139 Å². The average molecular weight is 414 g/mol. The number of anilines is 2. The molecule has 21 heavy (non-hydrogen) atoms. The van der Waals surface area contributed by atoms with Crippen molar-refractivity contribution >= 4 is 49.1 Å². The minimum absolute atomic E-state index is 0.0654. The van der Waals surface area contributed by atoms with Crippen molar-refractivity contribution in [3.05, 3.63) is 50.9 Å². The molecule has 0 saturated carbocycles. The number of ether oxygens (including phenoxy) is 1. The summed E-state index contributed by atoms with van der Waals surface area (Å²) in [4.78, 5) is 11.9. The number of nitrogens with one attached hydrogen (secondary N) is 1. The smallest absolute Gasteiger partial charge is 0.262 e. The summed E-state index contributed by atoms with van der Waals surface area (Å²) in [6.07, 6.45) is 0. The lowest BCUT2D eigenvalue weighted by atomic mass is 10.2. The van der Waals surface area contributed by atoms with Crippen LogP contribution in [0.1, 0.15) is 5.56 Å². The van der Waals surface area contributed by atoms with Gasteiger partial charge >= 0.3 is 0 Å². The molecule has 0 saturated heterocycles. The maximum absolute atomic E-state index is 11.9. The van der Waals surface area contributed by atoms with Crippen molar-refractivity contribution in [3.8, 4) is 5.75 Å². The number of aryl methyl sites for hydroxylation is 1. The minimum atomic E-state index is -0.224. The second kappa shape index (κ2) is 6.95. The highest BCUT2D eigenvalue weighted by molar-refractivity contribution is 9.11. The number of amides is 1. The van der Waals surface area contributed by atoms with Gasteiger partial charge in [-0.3, -0.25) is 4.79 Å². The highest BCUT2D eigenvalue weighted by Crippen LogP contribution is 2.28. The summed E-state index contributed by atoms with van der Waals surface area (Å²) < 4.78 is 7.20. The second-order valence-electron chi connectivity index (χ2n) is 4.49. The third kappa shape index (κ3) is 4.47. The lowest BCUT2D eigenvalue weighted by molar-refractivity contribution is -0.118. The summed E-state index contributed by atoms with van der Waals surface area (Å²) in [6.45, 7) is 1.82. The minimum Gasteiger partial charge on any atom is -0.483 e. The molecule has 0 spiro atoms. The first-order valence-electron chi connectivity index (χ1n) is 6.19. The van der Waals surface area contributed by atoms with E-state index in [2.05, 4.69) is 37.2 Å². The molecule has 0 aromatic heterocycles. The molecule has 1 amide bonds. The van der Waals surface area contributed by atoms with E-state index in [1.54, 1.807) is 18.2 Å². The van der Waals surface area contributed by atoms with Crippen LogP contribution in [0.5, 0.6) is 5.75 Å². The van der Waals surface area contributed by atoms with Gasteiger partial charge in [0.15, 0.2) is 6.61 Å². The van der Waals surface area contributed by atoms with Crippen LogP contribution in [0.15, 0.2) is 45.3 Å². The lowest BCUT2D eigenvalue weighted by Gasteiger charge is -2.11. The third-order valence-electron chi connectivity index (χ3n) is 2.78. The van der Waals surface area contributed by atoms with Crippen LogP contribution in [0.3, 0.4) is 0 Å². The van der Waals surface area contributed by atoms with Gasteiger partial charge in [-0.15, -0.1) is 0 Å². The number of nitrogens with two attached hydrogens (primary N) is 1. The van der Waals surface area contributed by atoms with Crippen molar-refractivity contribution in [2.45, 2.75) is 6.92 Å². The van der Waals surface area contributed by atoms with Gasteiger partial charge in [0.2, 0.25) is 0 Å². The Morgan fingerprint density at radius 2 is 2.00 bits per heavy atom. The van der Waals surface area contributed by atoms with Crippen molar-refractivity contribution in [3.63, 3.8) is 0 Å². The second-order valence-corrected chi connectivity index (χ2v) is 6.26. The fourth-order valence-corrected chi connectivity index (χ4v) is 2.91. The first-order valence-corrected chi connectivity index (χ1v) is 7.78. The number of carbonyl (C=O) groups excluding carboxylic acids is 1. The van der Waals surface area contributed by atoms with E-state index in [0.717, 1.165) is 20.2 Å². The fraction of sp³-hybridized carbons (Fsp3) is 0.133. The normalized spacial score (nSPS) is 10.2. The molecule has 0 aliphatic rings. The van der Waals surface area contributed by atoms with E-state index >= 15 is 0 Å². The third-order valence-corrected chi connectivity index (χ3v) is 3.89. The number of halogens is 2. The van der Waals surface area contributed by atoms with E-state index in [9.17, 15) is 4.79 Å². The first kappa shape index (κ1) is 15.9. The van der Waals surface area contributed by atoms with Crippen LogP contribution < -0.4 is 15.8 Å². The van der Waals surface area contributed by atoms with Gasteiger partial charge in [-0.2, -0.15) is 0 Å². The average Bonchev–Trinajstić information content (AvgIpc) is 2.41. The van der Waals surface area contributed by atoms with Gasteiger partial charge in [0.25, 0.3) is 5.91 Å². The number of carbonyl (C=O) groups is 1. The molecule has 0 aliphatic carbocycles. The zero-order valence-electron chi connectivity index (χ0n) is 11.3. The molecule has 0 atom stereocenters. The molecule has 0 aliphatic heterocycles. The molecule has 2 rings (SSSR count). The maximum atomic E-state index is 11.9.